The lowest BCUT2D eigenvalue weighted by Gasteiger charge is -2.13. The van der Waals surface area contributed by atoms with Crippen molar-refractivity contribution in [2.75, 3.05) is 29.7 Å². The van der Waals surface area contributed by atoms with Gasteiger partial charge in [-0.05, 0) is 24.3 Å². The van der Waals surface area contributed by atoms with E-state index in [4.69, 9.17) is 5.84 Å². The Morgan fingerprint density at radius 3 is 2.50 bits per heavy atom. The van der Waals surface area contributed by atoms with E-state index in [0.717, 1.165) is 5.69 Å². The molecule has 1 aromatic heterocycles. The number of carbonyl (C=O) groups is 1. The van der Waals surface area contributed by atoms with Crippen LogP contribution in [0.2, 0.25) is 0 Å². The molecule has 1 amide bonds. The first-order valence-corrected chi connectivity index (χ1v) is 5.97. The lowest BCUT2D eigenvalue weighted by molar-refractivity contribution is 0.102. The van der Waals surface area contributed by atoms with Gasteiger partial charge in [-0.2, -0.15) is 0 Å². The van der Waals surface area contributed by atoms with Crippen LogP contribution in [0.1, 0.15) is 10.5 Å². The van der Waals surface area contributed by atoms with Crippen molar-refractivity contribution < 1.29 is 4.79 Å². The zero-order valence-electron chi connectivity index (χ0n) is 11.3. The summed E-state index contributed by atoms with van der Waals surface area (Å²) in [6, 6.07) is 7.48. The van der Waals surface area contributed by atoms with Crippen molar-refractivity contribution in [1.29, 1.82) is 0 Å². The monoisotopic (exact) mass is 272 g/mol. The van der Waals surface area contributed by atoms with Gasteiger partial charge in [-0.25, -0.2) is 10.8 Å². The third kappa shape index (κ3) is 3.21. The zero-order chi connectivity index (χ0) is 14.5. The highest BCUT2D eigenvalue weighted by molar-refractivity contribution is 6.02. The molecule has 0 atom stereocenters. The number of nitrogens with two attached hydrogens (primary N) is 1. The van der Waals surface area contributed by atoms with E-state index >= 15 is 0 Å². The molecule has 0 unspecified atom stereocenters. The molecular weight excluding hydrogens is 256 g/mol. The van der Waals surface area contributed by atoms with E-state index in [1.165, 1.54) is 12.4 Å². The molecule has 1 aromatic carbocycles. The average Bonchev–Trinajstić information content (AvgIpc) is 2.47. The number of benzene rings is 1. The number of anilines is 3. The maximum Gasteiger partial charge on any atom is 0.275 e. The van der Waals surface area contributed by atoms with Crippen molar-refractivity contribution in [3.8, 4) is 0 Å². The summed E-state index contributed by atoms with van der Waals surface area (Å²) in [7, 11) is 3.91. The molecule has 0 spiro atoms. The van der Waals surface area contributed by atoms with Gasteiger partial charge < -0.3 is 15.6 Å². The fraction of sp³-hybridized carbons (Fsp3) is 0.154. The maximum atomic E-state index is 12.0. The van der Waals surface area contributed by atoms with Crippen LogP contribution in [0.5, 0.6) is 0 Å². The minimum absolute atomic E-state index is 0.192. The predicted octanol–water partition coefficient (Wildman–Crippen LogP) is 1.08. The van der Waals surface area contributed by atoms with Crippen LogP contribution in [0.15, 0.2) is 36.7 Å². The first kappa shape index (κ1) is 13.8. The van der Waals surface area contributed by atoms with E-state index in [0.29, 0.717) is 11.5 Å². The van der Waals surface area contributed by atoms with Crippen molar-refractivity contribution in [3.63, 3.8) is 0 Å². The van der Waals surface area contributed by atoms with Crippen LogP contribution in [0.25, 0.3) is 0 Å². The minimum atomic E-state index is -0.341. The second kappa shape index (κ2) is 5.98. The Hall–Kier alpha value is -2.67. The summed E-state index contributed by atoms with van der Waals surface area (Å²) >= 11 is 0. The Balaban J connectivity index is 2.10. The molecule has 1 heterocycles. The van der Waals surface area contributed by atoms with E-state index in [2.05, 4.69) is 20.7 Å². The van der Waals surface area contributed by atoms with Crippen LogP contribution in [0, 0.1) is 0 Å². The second-order valence-corrected chi connectivity index (χ2v) is 4.33. The Labute approximate surface area is 116 Å². The number of amides is 1. The molecule has 0 saturated heterocycles. The van der Waals surface area contributed by atoms with Crippen LogP contribution in [-0.4, -0.2) is 30.0 Å². The third-order valence-electron chi connectivity index (χ3n) is 2.66. The number of nitrogens with zero attached hydrogens (tertiary/aromatic N) is 3. The number of hydrogen-bond donors (Lipinski definition) is 3. The van der Waals surface area contributed by atoms with Crippen molar-refractivity contribution in [2.24, 2.45) is 5.84 Å². The van der Waals surface area contributed by atoms with Crippen molar-refractivity contribution in [3.05, 3.63) is 42.4 Å². The summed E-state index contributed by atoms with van der Waals surface area (Å²) in [5.41, 5.74) is 4.28. The summed E-state index contributed by atoms with van der Waals surface area (Å²) in [4.78, 5) is 21.9. The van der Waals surface area contributed by atoms with Gasteiger partial charge in [0.05, 0.1) is 12.4 Å². The molecule has 0 radical (unpaired) electrons. The standard InChI is InChI=1S/C13H16N6O/c1-19(2)10-5-3-9(4-6-10)16-13(20)11-7-15-8-12(17-11)18-14/h3-8H,14H2,1-2H3,(H,16,20)(H,17,18). The molecule has 0 saturated carbocycles. The van der Waals surface area contributed by atoms with Gasteiger partial charge in [0.2, 0.25) is 0 Å². The average molecular weight is 272 g/mol. The van der Waals surface area contributed by atoms with E-state index in [1.807, 2.05) is 43.3 Å². The van der Waals surface area contributed by atoms with Gasteiger partial charge in [-0.1, -0.05) is 0 Å². The molecule has 2 aromatic rings. The largest absolute Gasteiger partial charge is 0.378 e. The normalized spacial score (nSPS) is 9.95. The van der Waals surface area contributed by atoms with Gasteiger partial charge in [0.1, 0.15) is 5.69 Å². The van der Waals surface area contributed by atoms with Crippen molar-refractivity contribution in [2.45, 2.75) is 0 Å². The number of aromatic nitrogens is 2. The van der Waals surface area contributed by atoms with Crippen LogP contribution in [0.3, 0.4) is 0 Å². The lowest BCUT2D eigenvalue weighted by Crippen LogP contribution is -2.16. The zero-order valence-corrected chi connectivity index (χ0v) is 11.3. The molecule has 0 fully saturated rings. The summed E-state index contributed by atoms with van der Waals surface area (Å²) in [5.74, 6) is 5.22. The summed E-state index contributed by atoms with van der Waals surface area (Å²) in [6.07, 6.45) is 2.81. The van der Waals surface area contributed by atoms with Crippen molar-refractivity contribution >= 4 is 23.1 Å². The van der Waals surface area contributed by atoms with E-state index < -0.39 is 0 Å². The van der Waals surface area contributed by atoms with Crippen LogP contribution in [-0.2, 0) is 0 Å². The molecule has 0 aliphatic heterocycles. The molecule has 4 N–H and O–H groups in total. The molecule has 2 rings (SSSR count). The van der Waals surface area contributed by atoms with Gasteiger partial charge in [-0.15, -0.1) is 0 Å². The highest BCUT2D eigenvalue weighted by Crippen LogP contribution is 2.16. The number of carbonyl (C=O) groups excluding carboxylic acids is 1. The lowest BCUT2D eigenvalue weighted by atomic mass is 10.2. The fourth-order valence-electron chi connectivity index (χ4n) is 1.58. The minimum Gasteiger partial charge on any atom is -0.378 e. The van der Waals surface area contributed by atoms with Gasteiger partial charge in [0.25, 0.3) is 5.91 Å². The first-order valence-electron chi connectivity index (χ1n) is 5.97. The summed E-state index contributed by atoms with van der Waals surface area (Å²) in [5, 5.41) is 2.75. The number of nitrogen functional groups attached to an aromatic ring is 1. The highest BCUT2D eigenvalue weighted by atomic mass is 16.1. The second-order valence-electron chi connectivity index (χ2n) is 4.33. The van der Waals surface area contributed by atoms with Crippen molar-refractivity contribution in [1.82, 2.24) is 9.97 Å². The molecule has 0 aliphatic carbocycles. The Morgan fingerprint density at radius 2 is 1.90 bits per heavy atom. The quantitative estimate of drug-likeness (QED) is 0.569. The Kier molecular flexibility index (Phi) is 4.11. The molecule has 0 bridgehead atoms. The Bertz CT molecular complexity index is 596. The fourth-order valence-corrected chi connectivity index (χ4v) is 1.58. The number of hydrazine groups is 1. The summed E-state index contributed by atoms with van der Waals surface area (Å²) < 4.78 is 0. The molecule has 0 aliphatic rings. The molecule has 7 heteroatoms. The van der Waals surface area contributed by atoms with E-state index in [1.54, 1.807) is 0 Å². The smallest absolute Gasteiger partial charge is 0.275 e. The van der Waals surface area contributed by atoms with Gasteiger partial charge in [-0.3, -0.25) is 9.78 Å². The number of hydrogen-bond acceptors (Lipinski definition) is 6. The molecular formula is C13H16N6O. The van der Waals surface area contributed by atoms with Crippen LogP contribution in [0.4, 0.5) is 17.2 Å². The van der Waals surface area contributed by atoms with Gasteiger partial charge in [0.15, 0.2) is 5.82 Å². The highest BCUT2D eigenvalue weighted by Gasteiger charge is 2.09. The van der Waals surface area contributed by atoms with Crippen LogP contribution >= 0.6 is 0 Å². The molecule has 104 valence electrons. The summed E-state index contributed by atoms with van der Waals surface area (Å²) in [6.45, 7) is 0. The van der Waals surface area contributed by atoms with Gasteiger partial charge >= 0.3 is 0 Å². The maximum absolute atomic E-state index is 12.0. The Morgan fingerprint density at radius 1 is 1.20 bits per heavy atom. The van der Waals surface area contributed by atoms with E-state index in [9.17, 15) is 4.79 Å². The number of rotatable bonds is 4. The predicted molar refractivity (Wildman–Crippen MR) is 78.6 cm³/mol. The molecule has 20 heavy (non-hydrogen) atoms. The number of nitrogens with one attached hydrogen (secondary N) is 2. The third-order valence-corrected chi connectivity index (χ3v) is 2.66. The SMILES string of the molecule is CN(C)c1ccc(NC(=O)c2cncc(NN)n2)cc1. The first-order chi connectivity index (χ1) is 9.60. The van der Waals surface area contributed by atoms with Crippen LogP contribution < -0.4 is 21.5 Å². The van der Waals surface area contributed by atoms with Gasteiger partial charge in [0, 0.05) is 25.5 Å². The topological polar surface area (TPSA) is 96.2 Å². The van der Waals surface area contributed by atoms with E-state index in [-0.39, 0.29) is 11.6 Å². The molecule has 7 nitrogen and oxygen atoms in total.